The number of halogens is 1. The van der Waals surface area contributed by atoms with E-state index in [1.165, 1.54) is 16.4 Å². The normalized spacial score (nSPS) is 18.2. The quantitative estimate of drug-likeness (QED) is 0.720. The average Bonchev–Trinajstić information content (AvgIpc) is 2.68. The van der Waals surface area contributed by atoms with E-state index in [4.69, 9.17) is 9.47 Å². The van der Waals surface area contributed by atoms with Gasteiger partial charge in [-0.25, -0.2) is 12.8 Å². The first-order chi connectivity index (χ1) is 13.0. The summed E-state index contributed by atoms with van der Waals surface area (Å²) < 4.78 is 51.4. The third kappa shape index (κ3) is 4.99. The van der Waals surface area contributed by atoms with Crippen molar-refractivity contribution in [1.29, 1.82) is 0 Å². The molecule has 7 heteroatoms. The molecule has 0 spiro atoms. The number of benzene rings is 2. The zero-order chi connectivity index (χ0) is 19.3. The van der Waals surface area contributed by atoms with E-state index < -0.39 is 10.0 Å². The average molecular weight is 393 g/mol. The summed E-state index contributed by atoms with van der Waals surface area (Å²) in [6, 6.07) is 12.4. The number of ether oxygens (including phenoxy) is 2. The lowest BCUT2D eigenvalue weighted by atomic mass is 10.0. The topological polar surface area (TPSA) is 55.8 Å². The standard InChI is InChI=1S/C20H24FNO4S/c1-2-25-18-9-11-20(12-10-18)27(23,24)22-13-3-4-16(14-22)15-26-19-7-5-17(21)6-8-19/h5-12,16H,2-4,13-15H2,1H3. The SMILES string of the molecule is CCOc1ccc(S(=O)(=O)N2CCCC(COc3ccc(F)cc3)C2)cc1. The van der Waals surface area contributed by atoms with Gasteiger partial charge in [0.25, 0.3) is 0 Å². The Balaban J connectivity index is 1.62. The Morgan fingerprint density at radius 2 is 1.67 bits per heavy atom. The molecule has 0 bridgehead atoms. The van der Waals surface area contributed by atoms with Gasteiger partial charge in [-0.3, -0.25) is 0 Å². The molecule has 1 aliphatic rings. The van der Waals surface area contributed by atoms with Crippen molar-refractivity contribution >= 4 is 10.0 Å². The summed E-state index contributed by atoms with van der Waals surface area (Å²) in [5.74, 6) is 1.03. The minimum absolute atomic E-state index is 0.0984. The fourth-order valence-electron chi connectivity index (χ4n) is 3.15. The first-order valence-corrected chi connectivity index (χ1v) is 10.5. The maximum absolute atomic E-state index is 13.0. The van der Waals surface area contributed by atoms with Gasteiger partial charge in [-0.05, 0) is 68.3 Å². The van der Waals surface area contributed by atoms with Gasteiger partial charge in [-0.1, -0.05) is 0 Å². The fraction of sp³-hybridized carbons (Fsp3) is 0.400. The van der Waals surface area contributed by atoms with E-state index in [0.29, 0.717) is 37.8 Å². The van der Waals surface area contributed by atoms with Crippen LogP contribution in [0, 0.1) is 11.7 Å². The van der Waals surface area contributed by atoms with E-state index in [9.17, 15) is 12.8 Å². The Kier molecular flexibility index (Phi) is 6.34. The summed E-state index contributed by atoms with van der Waals surface area (Å²) in [7, 11) is -3.54. The van der Waals surface area contributed by atoms with Crippen LogP contribution >= 0.6 is 0 Å². The van der Waals surface area contributed by atoms with Gasteiger partial charge in [0.05, 0.1) is 18.1 Å². The summed E-state index contributed by atoms with van der Waals surface area (Å²) in [4.78, 5) is 0.269. The second-order valence-corrected chi connectivity index (χ2v) is 8.48. The number of piperidine rings is 1. The minimum Gasteiger partial charge on any atom is -0.494 e. The van der Waals surface area contributed by atoms with Gasteiger partial charge in [-0.2, -0.15) is 4.31 Å². The highest BCUT2D eigenvalue weighted by Crippen LogP contribution is 2.26. The first kappa shape index (κ1) is 19.6. The number of nitrogens with zero attached hydrogens (tertiary/aromatic N) is 1. The smallest absolute Gasteiger partial charge is 0.243 e. The minimum atomic E-state index is -3.54. The number of sulfonamides is 1. The molecule has 0 aromatic heterocycles. The molecule has 0 aliphatic carbocycles. The predicted octanol–water partition coefficient (Wildman–Crippen LogP) is 3.70. The van der Waals surface area contributed by atoms with Gasteiger partial charge in [0.15, 0.2) is 0 Å². The molecule has 27 heavy (non-hydrogen) atoms. The largest absolute Gasteiger partial charge is 0.494 e. The third-order valence-corrected chi connectivity index (χ3v) is 6.43. The van der Waals surface area contributed by atoms with Crippen molar-refractivity contribution in [3.63, 3.8) is 0 Å². The summed E-state index contributed by atoms with van der Waals surface area (Å²) in [5.41, 5.74) is 0. The van der Waals surface area contributed by atoms with E-state index >= 15 is 0 Å². The lowest BCUT2D eigenvalue weighted by Gasteiger charge is -2.31. The molecule has 146 valence electrons. The van der Waals surface area contributed by atoms with Gasteiger partial charge < -0.3 is 9.47 Å². The monoisotopic (exact) mass is 393 g/mol. The van der Waals surface area contributed by atoms with Crippen LogP contribution in [0.5, 0.6) is 11.5 Å². The van der Waals surface area contributed by atoms with Crippen LogP contribution in [0.2, 0.25) is 0 Å². The maximum Gasteiger partial charge on any atom is 0.243 e. The molecule has 2 aromatic rings. The van der Waals surface area contributed by atoms with Crippen molar-refractivity contribution in [1.82, 2.24) is 4.31 Å². The molecule has 1 unspecified atom stereocenters. The van der Waals surface area contributed by atoms with E-state index in [1.54, 1.807) is 36.4 Å². The number of rotatable bonds is 7. The van der Waals surface area contributed by atoms with Gasteiger partial charge >= 0.3 is 0 Å². The highest BCUT2D eigenvalue weighted by molar-refractivity contribution is 7.89. The molecule has 0 saturated carbocycles. The maximum atomic E-state index is 13.0. The molecule has 0 N–H and O–H groups in total. The van der Waals surface area contributed by atoms with Crippen molar-refractivity contribution in [2.75, 3.05) is 26.3 Å². The van der Waals surface area contributed by atoms with E-state index in [1.807, 2.05) is 6.92 Å². The van der Waals surface area contributed by atoms with Crippen LogP contribution in [0.4, 0.5) is 4.39 Å². The highest BCUT2D eigenvalue weighted by atomic mass is 32.2. The van der Waals surface area contributed by atoms with E-state index in [2.05, 4.69) is 0 Å². The molecule has 1 saturated heterocycles. The van der Waals surface area contributed by atoms with Crippen LogP contribution in [-0.4, -0.2) is 39.0 Å². The molecule has 0 radical (unpaired) electrons. The fourth-order valence-corrected chi connectivity index (χ4v) is 4.70. The van der Waals surface area contributed by atoms with Crippen LogP contribution in [0.15, 0.2) is 53.4 Å². The van der Waals surface area contributed by atoms with Crippen LogP contribution in [0.1, 0.15) is 19.8 Å². The molecule has 2 aromatic carbocycles. The summed E-state index contributed by atoms with van der Waals surface area (Å²) in [5, 5.41) is 0. The van der Waals surface area contributed by atoms with E-state index in [-0.39, 0.29) is 16.6 Å². The Hall–Kier alpha value is -2.12. The second kappa shape index (κ2) is 8.71. The van der Waals surface area contributed by atoms with E-state index in [0.717, 1.165) is 12.8 Å². The number of hydrogen-bond donors (Lipinski definition) is 0. The zero-order valence-electron chi connectivity index (χ0n) is 15.3. The molecule has 1 atom stereocenters. The zero-order valence-corrected chi connectivity index (χ0v) is 16.1. The predicted molar refractivity (Wildman–Crippen MR) is 101 cm³/mol. The summed E-state index contributed by atoms with van der Waals surface area (Å²) in [6.07, 6.45) is 1.68. The highest BCUT2D eigenvalue weighted by Gasteiger charge is 2.30. The Labute approximate surface area is 159 Å². The Morgan fingerprint density at radius 3 is 2.33 bits per heavy atom. The van der Waals surface area contributed by atoms with Crippen molar-refractivity contribution in [3.05, 3.63) is 54.3 Å². The summed E-state index contributed by atoms with van der Waals surface area (Å²) >= 11 is 0. The van der Waals surface area contributed by atoms with Crippen LogP contribution in [0.3, 0.4) is 0 Å². The third-order valence-electron chi connectivity index (χ3n) is 4.55. The van der Waals surface area contributed by atoms with Gasteiger partial charge in [0.2, 0.25) is 10.0 Å². The van der Waals surface area contributed by atoms with Crippen molar-refractivity contribution in [2.45, 2.75) is 24.7 Å². The molecule has 1 heterocycles. The molecular formula is C20H24FNO4S. The molecule has 1 aliphatic heterocycles. The Morgan fingerprint density at radius 1 is 1.04 bits per heavy atom. The van der Waals surface area contributed by atoms with Crippen molar-refractivity contribution in [3.8, 4) is 11.5 Å². The summed E-state index contributed by atoms with van der Waals surface area (Å²) in [6.45, 7) is 3.74. The van der Waals surface area contributed by atoms with Crippen LogP contribution < -0.4 is 9.47 Å². The van der Waals surface area contributed by atoms with Gasteiger partial charge in [0.1, 0.15) is 17.3 Å². The van der Waals surface area contributed by atoms with Crippen LogP contribution in [-0.2, 0) is 10.0 Å². The molecule has 0 amide bonds. The number of hydrogen-bond acceptors (Lipinski definition) is 4. The van der Waals surface area contributed by atoms with Crippen molar-refractivity contribution < 1.29 is 22.3 Å². The molecule has 1 fully saturated rings. The molecular weight excluding hydrogens is 369 g/mol. The first-order valence-electron chi connectivity index (χ1n) is 9.10. The second-order valence-electron chi connectivity index (χ2n) is 6.54. The van der Waals surface area contributed by atoms with Gasteiger partial charge in [-0.15, -0.1) is 0 Å². The lowest BCUT2D eigenvalue weighted by Crippen LogP contribution is -2.41. The van der Waals surface area contributed by atoms with Gasteiger partial charge in [0, 0.05) is 19.0 Å². The Bertz CT molecular complexity index is 837. The lowest BCUT2D eigenvalue weighted by molar-refractivity contribution is 0.180. The van der Waals surface area contributed by atoms with Crippen molar-refractivity contribution in [2.24, 2.45) is 5.92 Å². The molecule has 5 nitrogen and oxygen atoms in total. The molecule has 3 rings (SSSR count). The van der Waals surface area contributed by atoms with Crippen LogP contribution in [0.25, 0.3) is 0 Å².